The first-order valence-corrected chi connectivity index (χ1v) is 8.94. The minimum atomic E-state index is -0.678. The Hall–Kier alpha value is -2.53. The molecule has 1 N–H and O–H groups in total. The highest BCUT2D eigenvalue weighted by Gasteiger charge is 2.13. The number of hydrazone groups is 1. The van der Waals surface area contributed by atoms with E-state index < -0.39 is 6.10 Å². The Labute approximate surface area is 159 Å². The van der Waals surface area contributed by atoms with Crippen molar-refractivity contribution in [2.75, 3.05) is 6.61 Å². The molecule has 0 aliphatic rings. The van der Waals surface area contributed by atoms with Crippen molar-refractivity contribution >= 4 is 23.7 Å². The Morgan fingerprint density at radius 3 is 2.46 bits per heavy atom. The van der Waals surface area contributed by atoms with Crippen LogP contribution in [0.15, 0.2) is 53.6 Å². The summed E-state index contributed by atoms with van der Waals surface area (Å²) in [6, 6.07) is 14.3. The summed E-state index contributed by atoms with van der Waals surface area (Å²) in [7, 11) is 0. The molecule has 5 nitrogen and oxygen atoms in total. The summed E-state index contributed by atoms with van der Waals surface area (Å²) in [6.45, 7) is 4.49. The second-order valence-electron chi connectivity index (χ2n) is 5.72. The molecule has 2 aromatic carbocycles. The normalized spacial score (nSPS) is 12.0. The fraction of sp³-hybridized carbons (Fsp3) is 0.300. The number of nitrogens with zero attached hydrogens (tertiary/aromatic N) is 1. The third-order valence-corrected chi connectivity index (χ3v) is 3.78. The molecule has 2 aromatic rings. The van der Waals surface area contributed by atoms with E-state index in [2.05, 4.69) is 17.5 Å². The van der Waals surface area contributed by atoms with Crippen molar-refractivity contribution in [3.8, 4) is 11.5 Å². The predicted molar refractivity (Wildman–Crippen MR) is 104 cm³/mol. The molecule has 0 heterocycles. The van der Waals surface area contributed by atoms with Gasteiger partial charge in [0.2, 0.25) is 0 Å². The van der Waals surface area contributed by atoms with E-state index in [4.69, 9.17) is 21.1 Å². The molecule has 26 heavy (non-hydrogen) atoms. The lowest BCUT2D eigenvalue weighted by molar-refractivity contribution is -0.127. The largest absolute Gasteiger partial charge is 0.494 e. The van der Waals surface area contributed by atoms with Gasteiger partial charge >= 0.3 is 0 Å². The van der Waals surface area contributed by atoms with Crippen LogP contribution in [0.5, 0.6) is 11.5 Å². The third-order valence-electron chi connectivity index (χ3n) is 3.53. The first-order valence-electron chi connectivity index (χ1n) is 8.56. The number of nitrogens with one attached hydrogen (secondary N) is 1. The van der Waals surface area contributed by atoms with Crippen LogP contribution < -0.4 is 14.9 Å². The highest BCUT2D eigenvalue weighted by molar-refractivity contribution is 6.30. The first-order chi connectivity index (χ1) is 12.6. The van der Waals surface area contributed by atoms with Crippen LogP contribution in [0.2, 0.25) is 5.02 Å². The Bertz CT molecular complexity index is 715. The van der Waals surface area contributed by atoms with E-state index in [0.717, 1.165) is 24.2 Å². The summed E-state index contributed by atoms with van der Waals surface area (Å²) >= 11 is 5.82. The van der Waals surface area contributed by atoms with Crippen LogP contribution in [0.25, 0.3) is 0 Å². The van der Waals surface area contributed by atoms with Gasteiger partial charge in [0.15, 0.2) is 6.10 Å². The summed E-state index contributed by atoms with van der Waals surface area (Å²) < 4.78 is 11.1. The quantitative estimate of drug-likeness (QED) is 0.401. The first kappa shape index (κ1) is 19.8. The Morgan fingerprint density at radius 1 is 1.15 bits per heavy atom. The number of rotatable bonds is 9. The fourth-order valence-corrected chi connectivity index (χ4v) is 2.14. The number of carbonyl (C=O) groups excluding carboxylic acids is 1. The fourth-order valence-electron chi connectivity index (χ4n) is 2.02. The highest BCUT2D eigenvalue weighted by atomic mass is 35.5. The molecular formula is C20H23ClN2O3. The van der Waals surface area contributed by atoms with Crippen LogP contribution in [0, 0.1) is 0 Å². The van der Waals surface area contributed by atoms with Crippen LogP contribution in [0.3, 0.4) is 0 Å². The highest BCUT2D eigenvalue weighted by Crippen LogP contribution is 2.16. The average Bonchev–Trinajstić information content (AvgIpc) is 2.65. The number of amides is 1. The zero-order valence-electron chi connectivity index (χ0n) is 14.9. The molecule has 0 fully saturated rings. The smallest absolute Gasteiger partial charge is 0.280 e. The standard InChI is InChI=1S/C20H23ClN2O3/c1-3-4-13-25-18-9-5-16(6-10-18)14-22-23-20(24)15(2)26-19-11-7-17(21)8-12-19/h5-12,14-15H,3-4,13H2,1-2H3,(H,23,24)/b22-14-/t15-/m0/s1. The van der Waals surface area contributed by atoms with Gasteiger partial charge in [0.1, 0.15) is 11.5 Å². The van der Waals surface area contributed by atoms with Gasteiger partial charge in [-0.15, -0.1) is 0 Å². The van der Waals surface area contributed by atoms with Crippen molar-refractivity contribution in [3.05, 3.63) is 59.1 Å². The van der Waals surface area contributed by atoms with E-state index in [1.165, 1.54) is 0 Å². The number of halogens is 1. The van der Waals surface area contributed by atoms with E-state index >= 15 is 0 Å². The third kappa shape index (κ3) is 6.76. The molecule has 2 rings (SSSR count). The van der Waals surface area contributed by atoms with Crippen LogP contribution >= 0.6 is 11.6 Å². The predicted octanol–water partition coefficient (Wildman–Crippen LogP) is 4.44. The van der Waals surface area contributed by atoms with Gasteiger partial charge in [-0.25, -0.2) is 5.43 Å². The van der Waals surface area contributed by atoms with Gasteiger partial charge in [-0.1, -0.05) is 24.9 Å². The second-order valence-corrected chi connectivity index (χ2v) is 6.16. The number of hydrogen-bond donors (Lipinski definition) is 1. The molecule has 0 radical (unpaired) electrons. The summed E-state index contributed by atoms with van der Waals surface area (Å²) in [5.74, 6) is 1.06. The maximum Gasteiger partial charge on any atom is 0.280 e. The van der Waals surface area contributed by atoms with E-state index in [0.29, 0.717) is 17.4 Å². The van der Waals surface area contributed by atoms with Crippen LogP contribution in [-0.4, -0.2) is 24.8 Å². The molecule has 0 unspecified atom stereocenters. The van der Waals surface area contributed by atoms with Crippen LogP contribution in [0.1, 0.15) is 32.3 Å². The average molecular weight is 375 g/mol. The van der Waals surface area contributed by atoms with Crippen LogP contribution in [-0.2, 0) is 4.79 Å². The summed E-state index contributed by atoms with van der Waals surface area (Å²) in [5, 5.41) is 4.57. The monoisotopic (exact) mass is 374 g/mol. The molecule has 0 saturated heterocycles. The van der Waals surface area contributed by atoms with E-state index in [1.54, 1.807) is 37.4 Å². The molecule has 1 atom stereocenters. The second kappa shape index (κ2) is 10.5. The van der Waals surface area contributed by atoms with Crippen molar-refractivity contribution in [2.24, 2.45) is 5.10 Å². The van der Waals surface area contributed by atoms with Gasteiger partial charge in [0.05, 0.1) is 12.8 Å². The SMILES string of the molecule is CCCCOc1ccc(/C=N\NC(=O)[C@H](C)Oc2ccc(Cl)cc2)cc1. The lowest BCUT2D eigenvalue weighted by Gasteiger charge is -2.12. The molecule has 6 heteroatoms. The van der Waals surface area contributed by atoms with Crippen molar-refractivity contribution in [2.45, 2.75) is 32.8 Å². The Morgan fingerprint density at radius 2 is 1.81 bits per heavy atom. The van der Waals surface area contributed by atoms with Gasteiger partial charge in [0, 0.05) is 5.02 Å². The Kier molecular flexibility index (Phi) is 7.96. The number of carbonyl (C=O) groups is 1. The Balaban J connectivity index is 1.79. The number of ether oxygens (including phenoxy) is 2. The molecule has 1 amide bonds. The van der Waals surface area contributed by atoms with Crippen molar-refractivity contribution in [3.63, 3.8) is 0 Å². The molecule has 138 valence electrons. The van der Waals surface area contributed by atoms with Gasteiger partial charge in [-0.3, -0.25) is 4.79 Å². The van der Waals surface area contributed by atoms with E-state index in [9.17, 15) is 4.79 Å². The van der Waals surface area contributed by atoms with Crippen molar-refractivity contribution in [1.29, 1.82) is 0 Å². The zero-order chi connectivity index (χ0) is 18.8. The molecular weight excluding hydrogens is 352 g/mol. The van der Waals surface area contributed by atoms with Gasteiger partial charge < -0.3 is 9.47 Å². The lowest BCUT2D eigenvalue weighted by atomic mass is 10.2. The zero-order valence-corrected chi connectivity index (χ0v) is 15.7. The summed E-state index contributed by atoms with van der Waals surface area (Å²) in [6.07, 6.45) is 3.03. The maximum absolute atomic E-state index is 12.0. The minimum Gasteiger partial charge on any atom is -0.494 e. The molecule has 0 saturated carbocycles. The van der Waals surface area contributed by atoms with E-state index in [1.807, 2.05) is 24.3 Å². The topological polar surface area (TPSA) is 59.9 Å². The number of unbranched alkanes of at least 4 members (excludes halogenated alkanes) is 1. The molecule has 0 aliphatic carbocycles. The summed E-state index contributed by atoms with van der Waals surface area (Å²) in [4.78, 5) is 12.0. The van der Waals surface area contributed by atoms with Crippen molar-refractivity contribution < 1.29 is 14.3 Å². The van der Waals surface area contributed by atoms with Gasteiger partial charge in [-0.2, -0.15) is 5.10 Å². The maximum atomic E-state index is 12.0. The molecule has 0 spiro atoms. The molecule has 0 aliphatic heterocycles. The minimum absolute atomic E-state index is 0.337. The van der Waals surface area contributed by atoms with E-state index in [-0.39, 0.29) is 5.91 Å². The van der Waals surface area contributed by atoms with Crippen molar-refractivity contribution in [1.82, 2.24) is 5.43 Å². The van der Waals surface area contributed by atoms with Gasteiger partial charge in [-0.05, 0) is 67.4 Å². The molecule has 0 bridgehead atoms. The number of benzene rings is 2. The summed E-state index contributed by atoms with van der Waals surface area (Å²) in [5.41, 5.74) is 3.33. The lowest BCUT2D eigenvalue weighted by Crippen LogP contribution is -2.33. The van der Waals surface area contributed by atoms with Gasteiger partial charge in [0.25, 0.3) is 5.91 Å². The van der Waals surface area contributed by atoms with Crippen LogP contribution in [0.4, 0.5) is 0 Å². The molecule has 0 aromatic heterocycles. The number of hydrogen-bond acceptors (Lipinski definition) is 4.